The Kier molecular flexibility index (Phi) is 9.14. The van der Waals surface area contributed by atoms with Crippen molar-refractivity contribution in [1.29, 1.82) is 0 Å². The first-order valence-electron chi connectivity index (χ1n) is 8.87. The number of amides is 1. The molecule has 5 heteroatoms. The summed E-state index contributed by atoms with van der Waals surface area (Å²) in [5, 5.41) is 3.51. The van der Waals surface area contributed by atoms with Gasteiger partial charge in [0.1, 0.15) is 5.60 Å². The Bertz CT molecular complexity index is 341. The third kappa shape index (κ3) is 9.82. The fourth-order valence-electron chi connectivity index (χ4n) is 2.37. The van der Waals surface area contributed by atoms with Crippen molar-refractivity contribution in [1.82, 2.24) is 15.1 Å². The van der Waals surface area contributed by atoms with Crippen molar-refractivity contribution < 1.29 is 9.53 Å². The average molecular weight is 330 g/mol. The first-order valence-corrected chi connectivity index (χ1v) is 8.87. The van der Waals surface area contributed by atoms with Crippen molar-refractivity contribution in [2.75, 3.05) is 32.7 Å². The molecular formula is C18H39N3O2. The van der Waals surface area contributed by atoms with E-state index in [0.29, 0.717) is 12.6 Å². The summed E-state index contributed by atoms with van der Waals surface area (Å²) < 4.78 is 5.53. The molecule has 0 saturated carbocycles. The maximum Gasteiger partial charge on any atom is 0.410 e. The highest BCUT2D eigenvalue weighted by Gasteiger charge is 2.30. The lowest BCUT2D eigenvalue weighted by molar-refractivity contribution is 0.00643. The summed E-state index contributed by atoms with van der Waals surface area (Å²) in [7, 11) is 0. The van der Waals surface area contributed by atoms with E-state index in [-0.39, 0.29) is 11.6 Å². The van der Waals surface area contributed by atoms with Crippen molar-refractivity contribution in [2.24, 2.45) is 0 Å². The summed E-state index contributed by atoms with van der Waals surface area (Å²) in [4.78, 5) is 16.6. The van der Waals surface area contributed by atoms with Crippen molar-refractivity contribution in [2.45, 2.75) is 79.5 Å². The average Bonchev–Trinajstić information content (AvgIpc) is 2.37. The van der Waals surface area contributed by atoms with E-state index in [9.17, 15) is 4.79 Å². The van der Waals surface area contributed by atoms with Crippen LogP contribution in [-0.4, -0.2) is 65.8 Å². The Morgan fingerprint density at radius 2 is 1.61 bits per heavy atom. The molecule has 1 amide bonds. The van der Waals surface area contributed by atoms with E-state index in [0.717, 1.165) is 26.2 Å². The lowest BCUT2D eigenvalue weighted by atomic mass is 10.1. The monoisotopic (exact) mass is 329 g/mol. The minimum Gasteiger partial charge on any atom is -0.444 e. The van der Waals surface area contributed by atoms with Crippen molar-refractivity contribution in [3.05, 3.63) is 0 Å². The van der Waals surface area contributed by atoms with Crippen LogP contribution in [0.2, 0.25) is 0 Å². The molecule has 0 fully saturated rings. The number of hydrogen-bond donors (Lipinski definition) is 1. The van der Waals surface area contributed by atoms with Gasteiger partial charge in [-0.2, -0.15) is 0 Å². The second kappa shape index (κ2) is 9.48. The van der Waals surface area contributed by atoms with Crippen molar-refractivity contribution >= 4 is 6.09 Å². The maximum atomic E-state index is 12.4. The van der Waals surface area contributed by atoms with E-state index in [4.69, 9.17) is 4.74 Å². The minimum absolute atomic E-state index is 0.247. The molecule has 23 heavy (non-hydrogen) atoms. The molecule has 1 N–H and O–H groups in total. The molecule has 138 valence electrons. The van der Waals surface area contributed by atoms with E-state index < -0.39 is 5.60 Å². The molecule has 0 aromatic carbocycles. The van der Waals surface area contributed by atoms with Gasteiger partial charge in [-0.15, -0.1) is 0 Å². The lowest BCUT2D eigenvalue weighted by Gasteiger charge is -2.37. The number of likely N-dealkylation sites (N-methyl/N-ethyl adjacent to an activating group) is 1. The Balaban J connectivity index is 4.50. The molecule has 0 bridgehead atoms. The first kappa shape index (κ1) is 22.2. The van der Waals surface area contributed by atoms with Crippen LogP contribution in [0.15, 0.2) is 0 Å². The molecule has 0 aromatic heterocycles. The third-order valence-corrected chi connectivity index (χ3v) is 3.68. The zero-order chi connectivity index (χ0) is 18.3. The third-order valence-electron chi connectivity index (χ3n) is 3.68. The van der Waals surface area contributed by atoms with E-state index in [1.54, 1.807) is 4.90 Å². The fraction of sp³-hybridized carbons (Fsp3) is 0.944. The molecule has 0 aromatic rings. The van der Waals surface area contributed by atoms with Crippen molar-refractivity contribution in [3.63, 3.8) is 0 Å². The fourth-order valence-corrected chi connectivity index (χ4v) is 2.37. The number of rotatable bonds is 8. The second-order valence-electron chi connectivity index (χ2n) is 8.14. The van der Waals surface area contributed by atoms with Crippen LogP contribution < -0.4 is 5.32 Å². The van der Waals surface area contributed by atoms with Gasteiger partial charge in [0.25, 0.3) is 0 Å². The van der Waals surface area contributed by atoms with E-state index >= 15 is 0 Å². The lowest BCUT2D eigenvalue weighted by Crippen LogP contribution is -2.51. The molecule has 0 aliphatic heterocycles. The van der Waals surface area contributed by atoms with Crippen LogP contribution in [0, 0.1) is 0 Å². The number of nitrogens with one attached hydrogen (secondary N) is 1. The van der Waals surface area contributed by atoms with Gasteiger partial charge in [0.2, 0.25) is 0 Å². The summed E-state index contributed by atoms with van der Waals surface area (Å²) >= 11 is 0. The van der Waals surface area contributed by atoms with Gasteiger partial charge in [0.05, 0.1) is 0 Å². The van der Waals surface area contributed by atoms with E-state index in [1.807, 2.05) is 41.5 Å². The van der Waals surface area contributed by atoms with Crippen molar-refractivity contribution in [3.8, 4) is 0 Å². The van der Waals surface area contributed by atoms with Crippen LogP contribution in [0.25, 0.3) is 0 Å². The number of nitrogens with zero attached hydrogens (tertiary/aromatic N) is 2. The quantitative estimate of drug-likeness (QED) is 0.742. The van der Waals surface area contributed by atoms with Crippen LogP contribution in [0.3, 0.4) is 0 Å². The van der Waals surface area contributed by atoms with Gasteiger partial charge in [0, 0.05) is 31.2 Å². The van der Waals surface area contributed by atoms with E-state index in [2.05, 4.69) is 31.0 Å². The molecule has 0 radical (unpaired) electrons. The number of carbonyl (C=O) groups is 1. The molecular weight excluding hydrogens is 290 g/mol. The minimum atomic E-state index is -0.468. The van der Waals surface area contributed by atoms with Crippen LogP contribution >= 0.6 is 0 Å². The highest BCUT2D eigenvalue weighted by atomic mass is 16.6. The Labute approximate surface area is 143 Å². The standard InChI is InChI=1S/C18H39N3O2/c1-10-20(11-2)14-15(3)19-12-13-21(17(4,5)6)16(22)23-18(7,8)9/h15,19H,10-14H2,1-9H3. The molecule has 0 aliphatic carbocycles. The topological polar surface area (TPSA) is 44.8 Å². The highest BCUT2D eigenvalue weighted by Crippen LogP contribution is 2.17. The second-order valence-corrected chi connectivity index (χ2v) is 8.14. The largest absolute Gasteiger partial charge is 0.444 e. The van der Waals surface area contributed by atoms with Gasteiger partial charge in [-0.3, -0.25) is 0 Å². The smallest absolute Gasteiger partial charge is 0.410 e. The maximum absolute atomic E-state index is 12.4. The van der Waals surface area contributed by atoms with Gasteiger partial charge < -0.3 is 19.9 Å². The molecule has 0 spiro atoms. The van der Waals surface area contributed by atoms with Gasteiger partial charge in [-0.25, -0.2) is 4.79 Å². The van der Waals surface area contributed by atoms with Gasteiger partial charge in [-0.05, 0) is 61.6 Å². The number of carbonyl (C=O) groups excluding carboxylic acids is 1. The summed E-state index contributed by atoms with van der Waals surface area (Å²) in [5.74, 6) is 0. The molecule has 0 heterocycles. The highest BCUT2D eigenvalue weighted by molar-refractivity contribution is 5.69. The van der Waals surface area contributed by atoms with Crippen LogP contribution in [0.1, 0.15) is 62.3 Å². The van der Waals surface area contributed by atoms with E-state index in [1.165, 1.54) is 0 Å². The summed E-state index contributed by atoms with van der Waals surface area (Å²) in [6, 6.07) is 0.398. The van der Waals surface area contributed by atoms with Gasteiger partial charge in [0.15, 0.2) is 0 Å². The number of hydrogen-bond acceptors (Lipinski definition) is 4. The summed E-state index contributed by atoms with van der Waals surface area (Å²) in [5.41, 5.74) is -0.726. The van der Waals surface area contributed by atoms with Gasteiger partial charge >= 0.3 is 6.09 Å². The molecule has 1 atom stereocenters. The molecule has 5 nitrogen and oxygen atoms in total. The normalized spacial score (nSPS) is 14.0. The summed E-state index contributed by atoms with van der Waals surface area (Å²) in [6.07, 6.45) is -0.247. The first-order chi connectivity index (χ1) is 10.4. The Hall–Kier alpha value is -0.810. The molecule has 0 rings (SSSR count). The van der Waals surface area contributed by atoms with Gasteiger partial charge in [-0.1, -0.05) is 13.8 Å². The van der Waals surface area contributed by atoms with Crippen LogP contribution in [0.4, 0.5) is 4.79 Å². The predicted octanol–water partition coefficient (Wildman–Crippen LogP) is 3.34. The number of ether oxygens (including phenoxy) is 1. The molecule has 0 aliphatic rings. The van der Waals surface area contributed by atoms with Crippen LogP contribution in [-0.2, 0) is 4.74 Å². The SMILES string of the molecule is CCN(CC)CC(C)NCCN(C(=O)OC(C)(C)C)C(C)(C)C. The van der Waals surface area contributed by atoms with Crippen LogP contribution in [0.5, 0.6) is 0 Å². The predicted molar refractivity (Wildman–Crippen MR) is 97.9 cm³/mol. The zero-order valence-electron chi connectivity index (χ0n) is 16.8. The summed E-state index contributed by atoms with van der Waals surface area (Å²) in [6.45, 7) is 22.9. The molecule has 0 saturated heterocycles. The Morgan fingerprint density at radius 1 is 1.09 bits per heavy atom. The molecule has 1 unspecified atom stereocenters. The Morgan fingerprint density at radius 3 is 2.00 bits per heavy atom. The zero-order valence-corrected chi connectivity index (χ0v) is 16.8.